The second-order valence-electron chi connectivity index (χ2n) is 4.39. The van der Waals surface area contributed by atoms with E-state index in [0.717, 1.165) is 9.39 Å². The van der Waals surface area contributed by atoms with Gasteiger partial charge in [0.15, 0.2) is 0 Å². The second kappa shape index (κ2) is 5.45. The van der Waals surface area contributed by atoms with E-state index in [1.165, 1.54) is 20.4 Å². The van der Waals surface area contributed by atoms with Crippen molar-refractivity contribution in [3.05, 3.63) is 32.3 Å². The predicted molar refractivity (Wildman–Crippen MR) is 94.6 cm³/mol. The van der Waals surface area contributed by atoms with E-state index < -0.39 is 0 Å². The average molecular weight is 416 g/mol. The van der Waals surface area contributed by atoms with Crippen LogP contribution in [0, 0.1) is 10.6 Å². The Hall–Kier alpha value is -0.930. The number of fused-ring (bicyclic) bond motifs is 2. The lowest BCUT2D eigenvalue weighted by molar-refractivity contribution is 0.783. The standard InChI is InChI=1S/C7H8N2S.C6H5IN2S/c1-5-7-6(3-4-10-7)9(2)8-5;1-9-4-2-3-10-5(4)6(7)8-9/h3-4H,1-2H3;2-3H,1H3. The maximum Gasteiger partial charge on any atom is 0.141 e. The van der Waals surface area contributed by atoms with Crippen LogP contribution in [0.4, 0.5) is 0 Å². The summed E-state index contributed by atoms with van der Waals surface area (Å²) in [5, 5.41) is 12.7. The van der Waals surface area contributed by atoms with Gasteiger partial charge in [-0.15, -0.1) is 22.7 Å². The van der Waals surface area contributed by atoms with Crippen molar-refractivity contribution < 1.29 is 0 Å². The highest BCUT2D eigenvalue weighted by molar-refractivity contribution is 14.1. The van der Waals surface area contributed by atoms with E-state index in [0.29, 0.717) is 0 Å². The van der Waals surface area contributed by atoms with Crippen molar-refractivity contribution in [2.24, 2.45) is 14.1 Å². The summed E-state index contributed by atoms with van der Waals surface area (Å²) in [5.74, 6) is 0. The second-order valence-corrected chi connectivity index (χ2v) is 7.25. The molecule has 0 saturated carbocycles. The Balaban J connectivity index is 0.000000121. The summed E-state index contributed by atoms with van der Waals surface area (Å²) in [7, 11) is 3.94. The molecule has 4 aromatic rings. The van der Waals surface area contributed by atoms with Crippen LogP contribution in [0.15, 0.2) is 22.9 Å². The zero-order valence-corrected chi connectivity index (χ0v) is 15.1. The molecule has 0 spiro atoms. The van der Waals surface area contributed by atoms with Gasteiger partial charge in [0.05, 0.1) is 26.1 Å². The molecule has 0 N–H and O–H groups in total. The molecule has 0 unspecified atom stereocenters. The smallest absolute Gasteiger partial charge is 0.141 e. The third-order valence-electron chi connectivity index (χ3n) is 3.04. The van der Waals surface area contributed by atoms with E-state index in [-0.39, 0.29) is 0 Å². The molecule has 0 aromatic carbocycles. The summed E-state index contributed by atoms with van der Waals surface area (Å²) in [6.07, 6.45) is 0. The molecule has 0 saturated heterocycles. The van der Waals surface area contributed by atoms with Crippen LogP contribution in [0.25, 0.3) is 20.4 Å². The van der Waals surface area contributed by atoms with Gasteiger partial charge in [-0.3, -0.25) is 9.36 Å². The fourth-order valence-corrected chi connectivity index (χ4v) is 4.73. The van der Waals surface area contributed by atoms with E-state index in [1.54, 1.807) is 22.7 Å². The fourth-order valence-electron chi connectivity index (χ4n) is 2.09. The first kappa shape index (κ1) is 14.0. The topological polar surface area (TPSA) is 35.6 Å². The van der Waals surface area contributed by atoms with Crippen LogP contribution < -0.4 is 0 Å². The minimum atomic E-state index is 1.10. The zero-order chi connectivity index (χ0) is 14.3. The molecule has 20 heavy (non-hydrogen) atoms. The molecule has 0 amide bonds. The molecule has 104 valence electrons. The quantitative estimate of drug-likeness (QED) is 0.403. The van der Waals surface area contributed by atoms with E-state index in [9.17, 15) is 0 Å². The minimum absolute atomic E-state index is 1.10. The molecule has 0 aliphatic rings. The lowest BCUT2D eigenvalue weighted by Crippen LogP contribution is -1.88. The molecule has 0 bridgehead atoms. The molecule has 4 rings (SSSR count). The van der Waals surface area contributed by atoms with Crippen LogP contribution in [-0.2, 0) is 14.1 Å². The van der Waals surface area contributed by atoms with Crippen molar-refractivity contribution in [1.82, 2.24) is 19.6 Å². The Morgan fingerprint density at radius 3 is 2.10 bits per heavy atom. The lowest BCUT2D eigenvalue weighted by Gasteiger charge is -1.84. The highest BCUT2D eigenvalue weighted by Crippen LogP contribution is 2.24. The number of rotatable bonds is 0. The van der Waals surface area contributed by atoms with Crippen LogP contribution in [-0.4, -0.2) is 19.6 Å². The number of hydrogen-bond acceptors (Lipinski definition) is 4. The van der Waals surface area contributed by atoms with Crippen molar-refractivity contribution in [3.63, 3.8) is 0 Å². The van der Waals surface area contributed by atoms with Gasteiger partial charge in [0.25, 0.3) is 0 Å². The fraction of sp³-hybridized carbons (Fsp3) is 0.231. The van der Waals surface area contributed by atoms with Gasteiger partial charge in [0.2, 0.25) is 0 Å². The van der Waals surface area contributed by atoms with Gasteiger partial charge >= 0.3 is 0 Å². The van der Waals surface area contributed by atoms with Crippen molar-refractivity contribution >= 4 is 65.7 Å². The normalized spacial score (nSPS) is 11.0. The molecule has 0 radical (unpaired) electrons. The SMILES string of the molecule is Cc1nn(C)c2ccsc12.Cn1nc(I)c2sccc21. The average Bonchev–Trinajstić information content (AvgIpc) is 3.13. The Morgan fingerprint density at radius 1 is 0.950 bits per heavy atom. The Bertz CT molecular complexity index is 732. The van der Waals surface area contributed by atoms with Crippen LogP contribution in [0.5, 0.6) is 0 Å². The number of hydrogen-bond donors (Lipinski definition) is 0. The molecular formula is C13H13IN4S2. The first-order chi connectivity index (χ1) is 9.58. The molecular weight excluding hydrogens is 403 g/mol. The Labute approximate surface area is 138 Å². The van der Waals surface area contributed by atoms with Crippen LogP contribution in [0.3, 0.4) is 0 Å². The molecule has 4 nitrogen and oxygen atoms in total. The molecule has 0 atom stereocenters. The minimum Gasteiger partial charge on any atom is -0.267 e. The first-order valence-electron chi connectivity index (χ1n) is 6.00. The van der Waals surface area contributed by atoms with Gasteiger partial charge < -0.3 is 0 Å². The zero-order valence-electron chi connectivity index (χ0n) is 11.3. The number of nitrogens with zero attached hydrogens (tertiary/aromatic N) is 4. The summed E-state index contributed by atoms with van der Waals surface area (Å²) in [6.45, 7) is 2.04. The van der Waals surface area contributed by atoms with Gasteiger partial charge in [-0.05, 0) is 52.4 Å². The molecule has 0 fully saturated rings. The third kappa shape index (κ3) is 2.38. The summed E-state index contributed by atoms with van der Waals surface area (Å²) in [5.41, 5.74) is 3.60. The Morgan fingerprint density at radius 2 is 1.50 bits per heavy atom. The van der Waals surface area contributed by atoms with Crippen molar-refractivity contribution in [3.8, 4) is 0 Å². The molecule has 4 aromatic heterocycles. The Kier molecular flexibility index (Phi) is 3.83. The van der Waals surface area contributed by atoms with Gasteiger partial charge in [0, 0.05) is 14.1 Å². The lowest BCUT2D eigenvalue weighted by atomic mass is 10.4. The molecule has 0 aliphatic heterocycles. The summed E-state index contributed by atoms with van der Waals surface area (Å²) in [4.78, 5) is 0. The first-order valence-corrected chi connectivity index (χ1v) is 8.84. The van der Waals surface area contributed by atoms with E-state index >= 15 is 0 Å². The van der Waals surface area contributed by atoms with Crippen molar-refractivity contribution in [2.75, 3.05) is 0 Å². The summed E-state index contributed by atoms with van der Waals surface area (Å²) < 4.78 is 7.53. The molecule has 7 heteroatoms. The van der Waals surface area contributed by atoms with Gasteiger partial charge in [0.1, 0.15) is 3.70 Å². The summed E-state index contributed by atoms with van der Waals surface area (Å²) >= 11 is 5.75. The monoisotopic (exact) mass is 416 g/mol. The van der Waals surface area contributed by atoms with Crippen molar-refractivity contribution in [2.45, 2.75) is 6.92 Å². The van der Waals surface area contributed by atoms with E-state index in [1.807, 2.05) is 30.4 Å². The largest absolute Gasteiger partial charge is 0.267 e. The van der Waals surface area contributed by atoms with Gasteiger partial charge in [-0.2, -0.15) is 10.2 Å². The maximum atomic E-state index is 4.28. The van der Waals surface area contributed by atoms with Crippen LogP contribution >= 0.6 is 45.3 Å². The summed E-state index contributed by atoms with van der Waals surface area (Å²) in [6, 6.07) is 4.19. The predicted octanol–water partition coefficient (Wildman–Crippen LogP) is 4.18. The number of thiophene rings is 2. The van der Waals surface area contributed by atoms with E-state index in [4.69, 9.17) is 0 Å². The van der Waals surface area contributed by atoms with Gasteiger partial charge in [-0.25, -0.2) is 0 Å². The number of aryl methyl sites for hydroxylation is 3. The number of halogens is 1. The molecule has 0 aliphatic carbocycles. The molecule has 4 heterocycles. The highest BCUT2D eigenvalue weighted by Gasteiger charge is 2.05. The van der Waals surface area contributed by atoms with Crippen LogP contribution in [0.1, 0.15) is 5.69 Å². The number of aromatic nitrogens is 4. The van der Waals surface area contributed by atoms with Gasteiger partial charge in [-0.1, -0.05) is 0 Å². The third-order valence-corrected chi connectivity index (χ3v) is 6.08. The van der Waals surface area contributed by atoms with Crippen molar-refractivity contribution in [1.29, 1.82) is 0 Å². The maximum absolute atomic E-state index is 4.28. The highest BCUT2D eigenvalue weighted by atomic mass is 127. The van der Waals surface area contributed by atoms with E-state index in [2.05, 4.69) is 55.7 Å². The van der Waals surface area contributed by atoms with Crippen LogP contribution in [0.2, 0.25) is 0 Å².